The summed E-state index contributed by atoms with van der Waals surface area (Å²) in [6, 6.07) is 60.4. The molecule has 0 saturated carbocycles. The molecule has 1 heterocycles. The molecular weight excluding hydrogens is 549 g/mol. The molecule has 8 aromatic carbocycles. The summed E-state index contributed by atoms with van der Waals surface area (Å²) >= 11 is 1.91. The van der Waals surface area contributed by atoms with Crippen LogP contribution in [0.15, 0.2) is 174 Å². The van der Waals surface area contributed by atoms with Crippen molar-refractivity contribution < 1.29 is 0 Å². The molecule has 1 aliphatic rings. The number of rotatable bonds is 3. The van der Waals surface area contributed by atoms with E-state index in [1.807, 2.05) is 11.8 Å². The first-order valence-electron chi connectivity index (χ1n) is 15.2. The van der Waals surface area contributed by atoms with E-state index in [0.29, 0.717) is 0 Å². The summed E-state index contributed by atoms with van der Waals surface area (Å²) in [4.78, 5) is 2.70. The molecule has 1 heteroatoms. The van der Waals surface area contributed by atoms with Crippen LogP contribution < -0.4 is 0 Å². The van der Waals surface area contributed by atoms with Gasteiger partial charge in [0.05, 0.1) is 0 Å². The van der Waals surface area contributed by atoms with Crippen LogP contribution in [0.5, 0.6) is 0 Å². The maximum atomic E-state index is 2.36. The average Bonchev–Trinajstić information content (AvgIpc) is 3.10. The summed E-state index contributed by atoms with van der Waals surface area (Å²) in [5, 5.41) is 7.80. The highest BCUT2D eigenvalue weighted by Crippen LogP contribution is 2.53. The topological polar surface area (TPSA) is 0 Å². The minimum atomic E-state index is 0.153. The molecule has 0 bridgehead atoms. The van der Waals surface area contributed by atoms with Gasteiger partial charge in [0.25, 0.3) is 0 Å². The lowest BCUT2D eigenvalue weighted by Gasteiger charge is -2.31. The summed E-state index contributed by atoms with van der Waals surface area (Å²) in [6.45, 7) is 0. The zero-order valence-electron chi connectivity index (χ0n) is 24.1. The van der Waals surface area contributed by atoms with Gasteiger partial charge in [-0.25, -0.2) is 0 Å². The molecule has 0 saturated heterocycles. The van der Waals surface area contributed by atoms with E-state index in [0.717, 1.165) is 0 Å². The molecule has 0 aromatic heterocycles. The second kappa shape index (κ2) is 10.3. The van der Waals surface area contributed by atoms with E-state index in [4.69, 9.17) is 0 Å². The molecule has 0 amide bonds. The standard InChI is InChI=1S/C43H28S/c1-2-8-28(9-3-1)33-18-20-36-27-34(19-21-35(36)26-33)29-14-16-32(17-15-29)41-42-37-12-6-4-10-30(37)22-24-39(42)44-40-25-23-31-11-5-7-13-38(31)43(40)41/h1-27,41H. The van der Waals surface area contributed by atoms with Gasteiger partial charge in [-0.15, -0.1) is 0 Å². The summed E-state index contributed by atoms with van der Waals surface area (Å²) in [7, 11) is 0. The van der Waals surface area contributed by atoms with E-state index in [1.165, 1.54) is 81.1 Å². The van der Waals surface area contributed by atoms with Crippen LogP contribution in [0.1, 0.15) is 22.6 Å². The number of hydrogen-bond donors (Lipinski definition) is 0. The van der Waals surface area contributed by atoms with Crippen LogP contribution >= 0.6 is 11.8 Å². The molecule has 0 spiro atoms. The van der Waals surface area contributed by atoms with Crippen LogP contribution in [-0.2, 0) is 0 Å². The minimum Gasteiger partial charge on any atom is -0.0894 e. The Morgan fingerprint density at radius 2 is 0.795 bits per heavy atom. The van der Waals surface area contributed by atoms with E-state index in [1.54, 1.807) is 0 Å². The van der Waals surface area contributed by atoms with E-state index in [9.17, 15) is 0 Å². The second-order valence-corrected chi connectivity index (χ2v) is 12.8. The second-order valence-electron chi connectivity index (χ2n) is 11.7. The van der Waals surface area contributed by atoms with Crippen LogP contribution in [0.25, 0.3) is 54.6 Å². The predicted octanol–water partition coefficient (Wildman–Crippen LogP) is 12.1. The third kappa shape index (κ3) is 4.16. The highest BCUT2D eigenvalue weighted by molar-refractivity contribution is 7.99. The SMILES string of the molecule is c1ccc(-c2ccc3cc(-c4ccc(C5c6c(ccc7ccccc67)Sc6ccc7ccccc7c65)cc4)ccc3c2)cc1. The van der Waals surface area contributed by atoms with Crippen LogP contribution in [-0.4, -0.2) is 0 Å². The Labute approximate surface area is 261 Å². The molecule has 0 aliphatic carbocycles. The van der Waals surface area contributed by atoms with Gasteiger partial charge in [0.15, 0.2) is 0 Å². The lowest BCUT2D eigenvalue weighted by atomic mass is 9.80. The largest absolute Gasteiger partial charge is 0.0894 e. The van der Waals surface area contributed by atoms with Crippen LogP contribution in [0.3, 0.4) is 0 Å². The van der Waals surface area contributed by atoms with Gasteiger partial charge in [-0.1, -0.05) is 151 Å². The molecule has 0 atom stereocenters. The molecule has 0 fully saturated rings. The molecule has 44 heavy (non-hydrogen) atoms. The number of hydrogen-bond acceptors (Lipinski definition) is 1. The zero-order chi connectivity index (χ0) is 29.0. The average molecular weight is 577 g/mol. The van der Waals surface area contributed by atoms with E-state index < -0.39 is 0 Å². The number of fused-ring (bicyclic) bond motifs is 7. The third-order valence-electron chi connectivity index (χ3n) is 9.18. The van der Waals surface area contributed by atoms with Gasteiger partial charge in [-0.3, -0.25) is 0 Å². The van der Waals surface area contributed by atoms with Crippen molar-refractivity contribution in [3.63, 3.8) is 0 Å². The molecule has 1 aliphatic heterocycles. The molecule has 206 valence electrons. The van der Waals surface area contributed by atoms with Gasteiger partial charge in [-0.2, -0.15) is 0 Å². The smallest absolute Gasteiger partial charge is 0.0374 e. The molecular formula is C43H28S. The molecule has 9 rings (SSSR count). The van der Waals surface area contributed by atoms with E-state index >= 15 is 0 Å². The third-order valence-corrected chi connectivity index (χ3v) is 10.3. The van der Waals surface area contributed by atoms with E-state index in [-0.39, 0.29) is 5.92 Å². The first-order chi connectivity index (χ1) is 21.8. The Morgan fingerprint density at radius 3 is 1.36 bits per heavy atom. The highest BCUT2D eigenvalue weighted by atomic mass is 32.2. The first-order valence-corrected chi connectivity index (χ1v) is 16.0. The normalized spacial score (nSPS) is 12.8. The molecule has 0 N–H and O–H groups in total. The quantitative estimate of drug-likeness (QED) is 0.202. The summed E-state index contributed by atoms with van der Waals surface area (Å²) < 4.78 is 0. The van der Waals surface area contributed by atoms with Gasteiger partial charge >= 0.3 is 0 Å². The van der Waals surface area contributed by atoms with Gasteiger partial charge in [0.2, 0.25) is 0 Å². The van der Waals surface area contributed by atoms with Crippen molar-refractivity contribution in [1.82, 2.24) is 0 Å². The fraction of sp³-hybridized carbons (Fsp3) is 0.0233. The maximum absolute atomic E-state index is 2.36. The van der Waals surface area contributed by atoms with Crippen molar-refractivity contribution >= 4 is 44.1 Å². The van der Waals surface area contributed by atoms with Gasteiger partial charge in [-0.05, 0) is 95.5 Å². The Morgan fingerprint density at radius 1 is 0.341 bits per heavy atom. The van der Waals surface area contributed by atoms with Crippen molar-refractivity contribution in [3.8, 4) is 22.3 Å². The van der Waals surface area contributed by atoms with Gasteiger partial charge in [0.1, 0.15) is 0 Å². The lowest BCUT2D eigenvalue weighted by Crippen LogP contribution is -2.11. The Kier molecular flexibility index (Phi) is 5.92. The fourth-order valence-corrected chi connectivity index (χ4v) is 8.21. The molecule has 0 radical (unpaired) electrons. The number of benzene rings is 8. The monoisotopic (exact) mass is 576 g/mol. The van der Waals surface area contributed by atoms with Crippen LogP contribution in [0.2, 0.25) is 0 Å². The first kappa shape index (κ1) is 25.4. The van der Waals surface area contributed by atoms with Gasteiger partial charge in [0, 0.05) is 15.7 Å². The van der Waals surface area contributed by atoms with E-state index in [2.05, 4.69) is 164 Å². The van der Waals surface area contributed by atoms with Crippen LogP contribution in [0, 0.1) is 0 Å². The molecule has 0 nitrogen and oxygen atoms in total. The fourth-order valence-electron chi connectivity index (χ4n) is 7.02. The zero-order valence-corrected chi connectivity index (χ0v) is 24.9. The molecule has 0 unspecified atom stereocenters. The minimum absolute atomic E-state index is 0.153. The predicted molar refractivity (Wildman–Crippen MR) is 188 cm³/mol. The maximum Gasteiger partial charge on any atom is 0.0374 e. The Hall–Kier alpha value is -5.11. The van der Waals surface area contributed by atoms with Crippen molar-refractivity contribution in [2.75, 3.05) is 0 Å². The van der Waals surface area contributed by atoms with Crippen molar-refractivity contribution in [1.29, 1.82) is 0 Å². The van der Waals surface area contributed by atoms with Crippen molar-refractivity contribution in [2.45, 2.75) is 15.7 Å². The highest BCUT2D eigenvalue weighted by Gasteiger charge is 2.31. The molecule has 8 aromatic rings. The van der Waals surface area contributed by atoms with Crippen molar-refractivity contribution in [2.24, 2.45) is 0 Å². The Balaban J connectivity index is 1.16. The van der Waals surface area contributed by atoms with Gasteiger partial charge < -0.3 is 0 Å². The summed E-state index contributed by atoms with van der Waals surface area (Å²) in [6.07, 6.45) is 0. The lowest BCUT2D eigenvalue weighted by molar-refractivity contribution is 0.926. The summed E-state index contributed by atoms with van der Waals surface area (Å²) in [5.41, 5.74) is 9.16. The van der Waals surface area contributed by atoms with Crippen LogP contribution in [0.4, 0.5) is 0 Å². The Bertz CT molecular complexity index is 2260. The van der Waals surface area contributed by atoms with Crippen molar-refractivity contribution in [3.05, 3.63) is 180 Å². The summed E-state index contributed by atoms with van der Waals surface area (Å²) in [5.74, 6) is 0.153.